The monoisotopic (exact) mass is 378 g/mol. The lowest BCUT2D eigenvalue weighted by molar-refractivity contribution is -0.128. The van der Waals surface area contributed by atoms with Gasteiger partial charge in [-0.2, -0.15) is 0 Å². The lowest BCUT2D eigenvalue weighted by Crippen LogP contribution is -2.24. The zero-order valence-electron chi connectivity index (χ0n) is 16.8. The first-order valence-electron chi connectivity index (χ1n) is 10.1. The highest BCUT2D eigenvalue weighted by atomic mass is 16.2. The van der Waals surface area contributed by atoms with Gasteiger partial charge in [0.1, 0.15) is 0 Å². The van der Waals surface area contributed by atoms with Crippen molar-refractivity contribution in [1.82, 2.24) is 4.90 Å². The van der Waals surface area contributed by atoms with Crippen molar-refractivity contribution >= 4 is 17.6 Å². The van der Waals surface area contributed by atoms with Crippen LogP contribution >= 0.6 is 0 Å². The summed E-state index contributed by atoms with van der Waals surface area (Å²) in [7, 11) is 0. The second-order valence-corrected chi connectivity index (χ2v) is 7.50. The number of carbonyl (C=O) groups excluding carboxylic acids is 1. The van der Waals surface area contributed by atoms with Crippen LogP contribution in [0.15, 0.2) is 53.5 Å². The Morgan fingerprint density at radius 3 is 2.64 bits per heavy atom. The third-order valence-electron chi connectivity index (χ3n) is 5.33. The van der Waals surface area contributed by atoms with Gasteiger partial charge in [-0.05, 0) is 47.6 Å². The number of benzene rings is 2. The smallest absolute Gasteiger partial charge is 0.222 e. The Bertz CT molecular complexity index is 829. The molecule has 0 saturated carbocycles. The maximum Gasteiger partial charge on any atom is 0.222 e. The fourth-order valence-corrected chi connectivity index (χ4v) is 3.41. The van der Waals surface area contributed by atoms with Crippen LogP contribution in [0.1, 0.15) is 55.7 Å². The maximum atomic E-state index is 11.8. The molecule has 2 aromatic rings. The van der Waals surface area contributed by atoms with Crippen molar-refractivity contribution in [2.45, 2.75) is 52.1 Å². The van der Waals surface area contributed by atoms with Gasteiger partial charge < -0.3 is 16.0 Å². The minimum Gasteiger partial charge on any atom is -0.370 e. The normalized spacial score (nSPS) is 15.7. The Balaban J connectivity index is 1.57. The molecule has 148 valence electrons. The number of rotatable bonds is 7. The summed E-state index contributed by atoms with van der Waals surface area (Å²) in [5.74, 6) is 1.20. The number of carbonyl (C=O) groups is 1. The summed E-state index contributed by atoms with van der Waals surface area (Å²) >= 11 is 0. The standard InChI is InChI=1S/C23H30N4O/c1-3-17(2)20-9-11-21(12-10-20)26-23(24)25-15-18-6-4-7-19(14-18)16-27-13-5-8-22(27)28/h4,6-7,9-12,14,17H,3,5,8,13,15-16H2,1-2H3,(H3,24,25,26). The third kappa shape index (κ3) is 5.35. The molecule has 1 fully saturated rings. The number of nitrogens with one attached hydrogen (secondary N) is 1. The predicted octanol–water partition coefficient (Wildman–Crippen LogP) is 4.25. The van der Waals surface area contributed by atoms with Crippen molar-refractivity contribution in [1.29, 1.82) is 0 Å². The van der Waals surface area contributed by atoms with Crippen molar-refractivity contribution < 1.29 is 4.79 Å². The van der Waals surface area contributed by atoms with Crippen LogP contribution in [0.4, 0.5) is 5.69 Å². The summed E-state index contributed by atoms with van der Waals surface area (Å²) in [6.07, 6.45) is 2.76. The number of hydrogen-bond donors (Lipinski definition) is 2. The average molecular weight is 379 g/mol. The highest BCUT2D eigenvalue weighted by Crippen LogP contribution is 2.20. The first kappa shape index (κ1) is 19.9. The van der Waals surface area contributed by atoms with E-state index in [1.54, 1.807) is 0 Å². The Morgan fingerprint density at radius 1 is 1.21 bits per heavy atom. The first-order chi connectivity index (χ1) is 13.5. The van der Waals surface area contributed by atoms with Crippen molar-refractivity contribution in [3.05, 3.63) is 65.2 Å². The Hall–Kier alpha value is -2.82. The number of nitrogens with zero attached hydrogens (tertiary/aromatic N) is 2. The minimum atomic E-state index is 0.246. The van der Waals surface area contributed by atoms with E-state index in [-0.39, 0.29) is 5.91 Å². The molecular formula is C23H30N4O. The average Bonchev–Trinajstić information content (AvgIpc) is 3.11. The SMILES string of the molecule is CCC(C)c1ccc(NC(N)=NCc2cccc(CN3CCCC3=O)c2)cc1. The van der Waals surface area contributed by atoms with Gasteiger partial charge in [-0.25, -0.2) is 4.99 Å². The summed E-state index contributed by atoms with van der Waals surface area (Å²) in [6, 6.07) is 16.5. The number of hydrogen-bond acceptors (Lipinski definition) is 2. The first-order valence-corrected chi connectivity index (χ1v) is 10.1. The van der Waals surface area contributed by atoms with Crippen molar-refractivity contribution in [3.8, 4) is 0 Å². The van der Waals surface area contributed by atoms with Crippen LogP contribution in [-0.2, 0) is 17.9 Å². The summed E-state index contributed by atoms with van der Waals surface area (Å²) in [5, 5.41) is 3.15. The summed E-state index contributed by atoms with van der Waals surface area (Å²) < 4.78 is 0. The minimum absolute atomic E-state index is 0.246. The van der Waals surface area contributed by atoms with E-state index >= 15 is 0 Å². The maximum absolute atomic E-state index is 11.8. The molecule has 2 aromatic carbocycles. The van der Waals surface area contributed by atoms with Crippen LogP contribution in [0, 0.1) is 0 Å². The van der Waals surface area contributed by atoms with Gasteiger partial charge >= 0.3 is 0 Å². The third-order valence-corrected chi connectivity index (χ3v) is 5.33. The molecule has 1 unspecified atom stereocenters. The number of amides is 1. The second kappa shape index (κ2) is 9.40. The highest BCUT2D eigenvalue weighted by molar-refractivity contribution is 5.92. The van der Waals surface area contributed by atoms with E-state index in [2.05, 4.69) is 48.4 Å². The Labute approximate surface area is 167 Å². The molecule has 0 aromatic heterocycles. The van der Waals surface area contributed by atoms with Gasteiger partial charge in [0.05, 0.1) is 6.54 Å². The molecule has 5 heteroatoms. The number of anilines is 1. The van der Waals surface area contributed by atoms with Gasteiger partial charge in [-0.1, -0.05) is 50.2 Å². The molecule has 1 heterocycles. The van der Waals surface area contributed by atoms with Gasteiger partial charge in [0, 0.05) is 25.2 Å². The summed E-state index contributed by atoms with van der Waals surface area (Å²) in [4.78, 5) is 18.2. The van der Waals surface area contributed by atoms with Gasteiger partial charge in [-0.3, -0.25) is 4.79 Å². The Morgan fingerprint density at radius 2 is 1.96 bits per heavy atom. The molecule has 0 aliphatic carbocycles. The molecule has 3 rings (SSSR count). The molecule has 1 amide bonds. The molecule has 1 aliphatic rings. The fraction of sp³-hybridized carbons (Fsp3) is 0.391. The van der Waals surface area contributed by atoms with Crippen LogP contribution < -0.4 is 11.1 Å². The molecule has 5 nitrogen and oxygen atoms in total. The number of aliphatic imine (C=N–C) groups is 1. The molecule has 3 N–H and O–H groups in total. The van der Waals surface area contributed by atoms with E-state index in [1.807, 2.05) is 29.2 Å². The zero-order chi connectivity index (χ0) is 19.9. The van der Waals surface area contributed by atoms with E-state index in [0.717, 1.165) is 36.2 Å². The van der Waals surface area contributed by atoms with E-state index in [1.165, 1.54) is 5.56 Å². The lowest BCUT2D eigenvalue weighted by Gasteiger charge is -2.15. The number of nitrogens with two attached hydrogens (primary N) is 1. The summed E-state index contributed by atoms with van der Waals surface area (Å²) in [6.45, 7) is 6.46. The van der Waals surface area contributed by atoms with Crippen molar-refractivity contribution in [2.24, 2.45) is 10.7 Å². The van der Waals surface area contributed by atoms with Crippen LogP contribution in [-0.4, -0.2) is 23.3 Å². The van der Waals surface area contributed by atoms with E-state index in [0.29, 0.717) is 31.4 Å². The van der Waals surface area contributed by atoms with Gasteiger partial charge in [0.25, 0.3) is 0 Å². The number of guanidine groups is 1. The topological polar surface area (TPSA) is 70.7 Å². The van der Waals surface area contributed by atoms with Gasteiger partial charge in [-0.15, -0.1) is 0 Å². The zero-order valence-corrected chi connectivity index (χ0v) is 16.8. The van der Waals surface area contributed by atoms with E-state index in [9.17, 15) is 4.79 Å². The van der Waals surface area contributed by atoms with Crippen molar-refractivity contribution in [3.63, 3.8) is 0 Å². The van der Waals surface area contributed by atoms with Gasteiger partial charge in [0.2, 0.25) is 5.91 Å². The van der Waals surface area contributed by atoms with E-state index < -0.39 is 0 Å². The molecule has 0 bridgehead atoms. The Kier molecular flexibility index (Phi) is 6.69. The molecule has 0 radical (unpaired) electrons. The second-order valence-electron chi connectivity index (χ2n) is 7.50. The van der Waals surface area contributed by atoms with Crippen LogP contribution in [0.2, 0.25) is 0 Å². The number of likely N-dealkylation sites (tertiary alicyclic amines) is 1. The molecule has 0 spiro atoms. The highest BCUT2D eigenvalue weighted by Gasteiger charge is 2.19. The molecule has 28 heavy (non-hydrogen) atoms. The summed E-state index contributed by atoms with van der Waals surface area (Å²) in [5.41, 5.74) is 10.5. The molecule has 1 aliphatic heterocycles. The van der Waals surface area contributed by atoms with Gasteiger partial charge in [0.15, 0.2) is 5.96 Å². The fourth-order valence-electron chi connectivity index (χ4n) is 3.41. The molecule has 1 saturated heterocycles. The molecule has 1 atom stereocenters. The lowest BCUT2D eigenvalue weighted by atomic mass is 9.99. The van der Waals surface area contributed by atoms with Crippen LogP contribution in [0.5, 0.6) is 0 Å². The quantitative estimate of drug-likeness (QED) is 0.559. The molecular weight excluding hydrogens is 348 g/mol. The predicted molar refractivity (Wildman–Crippen MR) is 115 cm³/mol. The van der Waals surface area contributed by atoms with Crippen molar-refractivity contribution in [2.75, 3.05) is 11.9 Å². The van der Waals surface area contributed by atoms with Crippen LogP contribution in [0.25, 0.3) is 0 Å². The van der Waals surface area contributed by atoms with Crippen LogP contribution in [0.3, 0.4) is 0 Å². The van der Waals surface area contributed by atoms with E-state index in [4.69, 9.17) is 5.73 Å². The largest absolute Gasteiger partial charge is 0.370 e.